The summed E-state index contributed by atoms with van der Waals surface area (Å²) in [6.07, 6.45) is 0.532. The molecule has 0 aliphatic rings. The van der Waals surface area contributed by atoms with Gasteiger partial charge in [0.15, 0.2) is 0 Å². The fourth-order valence-electron chi connectivity index (χ4n) is 3.14. The minimum Gasteiger partial charge on any atom is -0.389 e. The number of hydrogen-bond donors (Lipinski definition) is 1. The van der Waals surface area contributed by atoms with Gasteiger partial charge in [0.1, 0.15) is 10.6 Å². The molecule has 2 aromatic heterocycles. The Kier molecular flexibility index (Phi) is 6.24. The fourth-order valence-corrected chi connectivity index (χ4v) is 4.24. The van der Waals surface area contributed by atoms with Crippen LogP contribution in [0.5, 0.6) is 0 Å². The van der Waals surface area contributed by atoms with Gasteiger partial charge in [-0.1, -0.05) is 41.9 Å². The van der Waals surface area contributed by atoms with Gasteiger partial charge < -0.3 is 9.84 Å². The van der Waals surface area contributed by atoms with Crippen molar-refractivity contribution in [2.75, 3.05) is 6.61 Å². The molecule has 0 saturated carbocycles. The third-order valence-electron chi connectivity index (χ3n) is 4.65. The molecule has 30 heavy (non-hydrogen) atoms. The zero-order valence-electron chi connectivity index (χ0n) is 15.8. The van der Waals surface area contributed by atoms with Crippen LogP contribution in [0.2, 0.25) is 5.02 Å². The molecule has 4 aromatic rings. The van der Waals surface area contributed by atoms with E-state index in [0.717, 1.165) is 11.1 Å². The van der Waals surface area contributed by atoms with E-state index in [2.05, 4.69) is 4.98 Å². The van der Waals surface area contributed by atoms with Crippen molar-refractivity contribution >= 4 is 33.2 Å². The van der Waals surface area contributed by atoms with Crippen molar-refractivity contribution in [2.45, 2.75) is 19.3 Å². The average molecular weight is 445 g/mol. The number of aromatic nitrogens is 2. The van der Waals surface area contributed by atoms with Crippen LogP contribution in [-0.2, 0) is 17.9 Å². The van der Waals surface area contributed by atoms with Gasteiger partial charge >= 0.3 is 0 Å². The number of ether oxygens (including phenoxy) is 1. The van der Waals surface area contributed by atoms with Crippen molar-refractivity contribution < 1.29 is 14.2 Å². The van der Waals surface area contributed by atoms with Gasteiger partial charge in [0.25, 0.3) is 5.56 Å². The second-order valence-electron chi connectivity index (χ2n) is 6.80. The lowest BCUT2D eigenvalue weighted by Gasteiger charge is -2.13. The van der Waals surface area contributed by atoms with E-state index in [4.69, 9.17) is 16.3 Å². The van der Waals surface area contributed by atoms with Crippen molar-refractivity contribution in [3.05, 3.63) is 87.0 Å². The Morgan fingerprint density at radius 3 is 2.73 bits per heavy atom. The topological polar surface area (TPSA) is 64.4 Å². The Morgan fingerprint density at radius 2 is 1.97 bits per heavy atom. The summed E-state index contributed by atoms with van der Waals surface area (Å²) in [5.74, 6) is -0.339. The highest BCUT2D eigenvalue weighted by Crippen LogP contribution is 2.30. The molecule has 1 atom stereocenters. The Balaban J connectivity index is 1.49. The normalized spacial score (nSPS) is 12.4. The zero-order chi connectivity index (χ0) is 21.1. The molecule has 0 amide bonds. The van der Waals surface area contributed by atoms with Crippen LogP contribution in [0.3, 0.4) is 0 Å². The minimum atomic E-state index is -0.891. The van der Waals surface area contributed by atoms with Crippen molar-refractivity contribution in [3.8, 4) is 11.1 Å². The summed E-state index contributed by atoms with van der Waals surface area (Å²) in [6, 6.07) is 13.3. The molecule has 0 unspecified atom stereocenters. The first-order chi connectivity index (χ1) is 14.5. The fraction of sp³-hybridized carbons (Fsp3) is 0.182. The van der Waals surface area contributed by atoms with Crippen LogP contribution in [0.15, 0.2) is 65.0 Å². The summed E-state index contributed by atoms with van der Waals surface area (Å²) in [5, 5.41) is 13.2. The second-order valence-corrected chi connectivity index (χ2v) is 8.06. The van der Waals surface area contributed by atoms with Crippen LogP contribution in [0, 0.1) is 5.82 Å². The number of aliphatic hydroxyl groups excluding tert-OH is 1. The van der Waals surface area contributed by atoms with E-state index in [1.54, 1.807) is 18.2 Å². The number of thiophene rings is 1. The lowest BCUT2D eigenvalue weighted by molar-refractivity contribution is 0.0199. The summed E-state index contributed by atoms with van der Waals surface area (Å²) < 4.78 is 20.2. The van der Waals surface area contributed by atoms with Crippen molar-refractivity contribution in [1.82, 2.24) is 9.55 Å². The SMILES string of the molecule is O=c1c2c(-c3ccc(F)cc3)csc2ncn1C[C@@H](O)COCc1ccccc1Cl. The summed E-state index contributed by atoms with van der Waals surface area (Å²) in [4.78, 5) is 17.9. The molecular weight excluding hydrogens is 427 g/mol. The van der Waals surface area contributed by atoms with E-state index >= 15 is 0 Å². The quantitative estimate of drug-likeness (QED) is 0.456. The summed E-state index contributed by atoms with van der Waals surface area (Å²) in [5.41, 5.74) is 2.01. The summed E-state index contributed by atoms with van der Waals surface area (Å²) >= 11 is 7.44. The van der Waals surface area contributed by atoms with E-state index in [1.807, 2.05) is 23.6 Å². The number of hydrogen-bond acceptors (Lipinski definition) is 5. The first-order valence-electron chi connectivity index (χ1n) is 9.24. The lowest BCUT2D eigenvalue weighted by atomic mass is 10.1. The van der Waals surface area contributed by atoms with Gasteiger partial charge in [-0.15, -0.1) is 11.3 Å². The van der Waals surface area contributed by atoms with E-state index in [1.165, 1.54) is 34.4 Å². The first kappa shape index (κ1) is 20.7. The van der Waals surface area contributed by atoms with E-state index in [0.29, 0.717) is 20.8 Å². The molecule has 0 spiro atoms. The minimum absolute atomic E-state index is 0.0446. The molecule has 1 N–H and O–H groups in total. The first-order valence-corrected chi connectivity index (χ1v) is 10.5. The third kappa shape index (κ3) is 4.44. The van der Waals surface area contributed by atoms with Gasteiger partial charge in [0, 0.05) is 16.0 Å². The molecule has 0 aliphatic heterocycles. The lowest BCUT2D eigenvalue weighted by Crippen LogP contribution is -2.29. The molecule has 8 heteroatoms. The van der Waals surface area contributed by atoms with E-state index in [9.17, 15) is 14.3 Å². The van der Waals surface area contributed by atoms with Crippen molar-refractivity contribution in [1.29, 1.82) is 0 Å². The number of rotatable bonds is 7. The molecule has 0 saturated heterocycles. The molecule has 0 bridgehead atoms. The standard InChI is InChI=1S/C22H18ClFN2O3S/c23-19-4-2-1-3-15(19)10-29-11-17(27)9-26-13-25-21-20(22(26)28)18(12-30-21)14-5-7-16(24)8-6-14/h1-8,12-13,17,27H,9-11H2/t17-/m1/s1. The maximum absolute atomic E-state index is 13.2. The number of fused-ring (bicyclic) bond motifs is 1. The van der Waals surface area contributed by atoms with Crippen LogP contribution in [0.25, 0.3) is 21.3 Å². The highest BCUT2D eigenvalue weighted by molar-refractivity contribution is 7.17. The Morgan fingerprint density at radius 1 is 1.20 bits per heavy atom. The molecule has 4 rings (SSSR count). The Labute approximate surface area is 181 Å². The van der Waals surface area contributed by atoms with Crippen LogP contribution in [0.1, 0.15) is 5.56 Å². The van der Waals surface area contributed by atoms with Crippen LogP contribution in [-0.4, -0.2) is 27.4 Å². The average Bonchev–Trinajstić information content (AvgIpc) is 3.17. The molecule has 2 aromatic carbocycles. The van der Waals surface area contributed by atoms with E-state index < -0.39 is 6.10 Å². The van der Waals surface area contributed by atoms with Gasteiger partial charge in [0.2, 0.25) is 0 Å². The van der Waals surface area contributed by atoms with Gasteiger partial charge in [0.05, 0.1) is 37.6 Å². The predicted octanol–water partition coefficient (Wildman–Crippen LogP) is 4.50. The van der Waals surface area contributed by atoms with E-state index in [-0.39, 0.29) is 31.1 Å². The van der Waals surface area contributed by atoms with Crippen LogP contribution >= 0.6 is 22.9 Å². The smallest absolute Gasteiger partial charge is 0.262 e. The highest BCUT2D eigenvalue weighted by Gasteiger charge is 2.15. The van der Waals surface area contributed by atoms with Crippen molar-refractivity contribution in [3.63, 3.8) is 0 Å². The number of benzene rings is 2. The molecule has 2 heterocycles. The number of nitrogens with zero attached hydrogens (tertiary/aromatic N) is 2. The maximum atomic E-state index is 13.2. The van der Waals surface area contributed by atoms with Crippen LogP contribution in [0.4, 0.5) is 4.39 Å². The monoisotopic (exact) mass is 444 g/mol. The predicted molar refractivity (Wildman–Crippen MR) is 116 cm³/mol. The second kappa shape index (κ2) is 9.06. The molecule has 5 nitrogen and oxygen atoms in total. The van der Waals surface area contributed by atoms with Gasteiger partial charge in [-0.2, -0.15) is 0 Å². The highest BCUT2D eigenvalue weighted by atomic mass is 35.5. The molecule has 0 fully saturated rings. The van der Waals surface area contributed by atoms with Gasteiger partial charge in [-0.3, -0.25) is 9.36 Å². The molecule has 154 valence electrons. The summed E-state index contributed by atoms with van der Waals surface area (Å²) in [6.45, 7) is 0.356. The number of aliphatic hydroxyl groups is 1. The van der Waals surface area contributed by atoms with Crippen LogP contribution < -0.4 is 5.56 Å². The van der Waals surface area contributed by atoms with Gasteiger partial charge in [-0.05, 0) is 29.3 Å². The molecular formula is C22H18ClFN2O3S. The summed E-state index contributed by atoms with van der Waals surface area (Å²) in [7, 11) is 0. The van der Waals surface area contributed by atoms with Crippen molar-refractivity contribution in [2.24, 2.45) is 0 Å². The van der Waals surface area contributed by atoms with Gasteiger partial charge in [-0.25, -0.2) is 9.37 Å². The molecule has 0 aliphatic carbocycles. The molecule has 0 radical (unpaired) electrons. The maximum Gasteiger partial charge on any atom is 0.262 e. The Bertz CT molecular complexity index is 1220. The largest absolute Gasteiger partial charge is 0.389 e. The third-order valence-corrected chi connectivity index (χ3v) is 5.90. The number of halogens is 2. The Hall–Kier alpha value is -2.58. The zero-order valence-corrected chi connectivity index (χ0v) is 17.4.